The molecule has 0 rings (SSSR count). The van der Waals surface area contributed by atoms with Crippen LogP contribution in [0.5, 0.6) is 0 Å². The van der Waals surface area contributed by atoms with Crippen LogP contribution < -0.4 is 27.0 Å². The Hall–Kier alpha value is -2.43. The Labute approximate surface area is 241 Å². The topological polar surface area (TPSA) is 206 Å². The number of carbonyl (C=O) groups is 6. The Balaban J connectivity index is 5.34. The van der Waals surface area contributed by atoms with Gasteiger partial charge in [-0.1, -0.05) is 0 Å². The van der Waals surface area contributed by atoms with Gasteiger partial charge in [-0.05, 0) is 55.3 Å². The second-order valence-corrected chi connectivity index (χ2v) is 11.0. The molecular formula is C23H39N5O8S3. The number of nitrogens with one attached hydrogen (secondary N) is 4. The average Bonchev–Trinajstić information content (AvgIpc) is 2.91. The van der Waals surface area contributed by atoms with E-state index in [1.807, 2.05) is 18.8 Å². The van der Waals surface area contributed by atoms with Crippen LogP contribution in [0.3, 0.4) is 0 Å². The van der Waals surface area contributed by atoms with Gasteiger partial charge in [0.05, 0.1) is 7.11 Å². The zero-order chi connectivity index (χ0) is 29.8. The minimum atomic E-state index is -1.20. The van der Waals surface area contributed by atoms with E-state index in [-0.39, 0.29) is 25.8 Å². The fourth-order valence-electron chi connectivity index (χ4n) is 2.90. The van der Waals surface area contributed by atoms with Crippen molar-refractivity contribution in [3.05, 3.63) is 12.2 Å². The van der Waals surface area contributed by atoms with Crippen molar-refractivity contribution in [2.24, 2.45) is 5.73 Å². The van der Waals surface area contributed by atoms with Gasteiger partial charge in [-0.2, -0.15) is 35.3 Å². The van der Waals surface area contributed by atoms with Gasteiger partial charge >= 0.3 is 11.9 Å². The summed E-state index contributed by atoms with van der Waals surface area (Å²) in [5.41, 5.74) is 5.86. The summed E-state index contributed by atoms with van der Waals surface area (Å²) in [6.07, 6.45) is 8.05. The summed E-state index contributed by atoms with van der Waals surface area (Å²) in [5.74, 6) is -2.94. The van der Waals surface area contributed by atoms with Gasteiger partial charge in [-0.3, -0.25) is 19.2 Å². The quantitative estimate of drug-likeness (QED) is 0.0723. The van der Waals surface area contributed by atoms with Crippen LogP contribution in [0, 0.1) is 0 Å². The molecule has 0 aliphatic rings. The highest BCUT2D eigenvalue weighted by Crippen LogP contribution is 2.07. The normalized spacial score (nSPS) is 14.0. The van der Waals surface area contributed by atoms with E-state index in [9.17, 15) is 33.9 Å². The van der Waals surface area contributed by atoms with Crippen molar-refractivity contribution in [3.8, 4) is 0 Å². The number of hydrogen-bond donors (Lipinski definition) is 6. The maximum absolute atomic E-state index is 13.1. The Morgan fingerprint density at radius 1 is 0.769 bits per heavy atom. The van der Waals surface area contributed by atoms with E-state index in [1.165, 1.54) is 35.3 Å². The van der Waals surface area contributed by atoms with E-state index in [1.54, 1.807) is 0 Å². The molecule has 0 unspecified atom stereocenters. The molecule has 0 bridgehead atoms. The third kappa shape index (κ3) is 16.3. The van der Waals surface area contributed by atoms with Crippen LogP contribution in [0.1, 0.15) is 19.3 Å². The SMILES string of the molecule is COC(=O)/C=C/C(=O)NC[C@H](N)C(=O)N[C@H](CCSC)C(=O)N[C@H](CCSC)C(=O)N[C@H](CCSC)C(=O)O. The second kappa shape index (κ2) is 21.4. The molecule has 0 spiro atoms. The molecular weight excluding hydrogens is 570 g/mol. The fraction of sp³-hybridized carbons (Fsp3) is 0.652. The lowest BCUT2D eigenvalue weighted by Gasteiger charge is -2.25. The van der Waals surface area contributed by atoms with E-state index >= 15 is 0 Å². The van der Waals surface area contributed by atoms with E-state index in [0.717, 1.165) is 19.3 Å². The highest BCUT2D eigenvalue weighted by atomic mass is 32.2. The van der Waals surface area contributed by atoms with Gasteiger partial charge in [0.1, 0.15) is 24.2 Å². The van der Waals surface area contributed by atoms with Gasteiger partial charge < -0.3 is 36.8 Å². The molecule has 0 saturated heterocycles. The first-order valence-electron chi connectivity index (χ1n) is 11.9. The van der Waals surface area contributed by atoms with Crippen molar-refractivity contribution in [2.45, 2.75) is 43.4 Å². The molecule has 0 fully saturated rings. The summed E-state index contributed by atoms with van der Waals surface area (Å²) >= 11 is 4.36. The van der Waals surface area contributed by atoms with E-state index < -0.39 is 59.7 Å². The van der Waals surface area contributed by atoms with Crippen LogP contribution >= 0.6 is 35.3 Å². The molecule has 222 valence electrons. The number of ether oxygens (including phenoxy) is 1. The highest BCUT2D eigenvalue weighted by molar-refractivity contribution is 7.98. The smallest absolute Gasteiger partial charge is 0.330 e. The van der Waals surface area contributed by atoms with Crippen LogP contribution in [0.4, 0.5) is 0 Å². The lowest BCUT2D eigenvalue weighted by molar-refractivity contribution is -0.142. The first-order valence-corrected chi connectivity index (χ1v) is 16.1. The summed E-state index contributed by atoms with van der Waals surface area (Å²) < 4.78 is 4.38. The predicted molar refractivity (Wildman–Crippen MR) is 155 cm³/mol. The van der Waals surface area contributed by atoms with E-state index in [0.29, 0.717) is 17.3 Å². The maximum Gasteiger partial charge on any atom is 0.330 e. The molecule has 0 heterocycles. The fourth-order valence-corrected chi connectivity index (χ4v) is 4.31. The Morgan fingerprint density at radius 3 is 1.64 bits per heavy atom. The first-order chi connectivity index (χ1) is 18.5. The lowest BCUT2D eigenvalue weighted by Crippen LogP contribution is -2.58. The van der Waals surface area contributed by atoms with Crippen LogP contribution in [0.15, 0.2) is 12.2 Å². The molecule has 0 aromatic rings. The molecule has 13 nitrogen and oxygen atoms in total. The van der Waals surface area contributed by atoms with Crippen molar-refractivity contribution < 1.29 is 38.6 Å². The minimum absolute atomic E-state index is 0.227. The van der Waals surface area contributed by atoms with Crippen molar-refractivity contribution in [1.82, 2.24) is 21.3 Å². The first kappa shape index (κ1) is 36.6. The highest BCUT2D eigenvalue weighted by Gasteiger charge is 2.30. The molecule has 7 N–H and O–H groups in total. The van der Waals surface area contributed by atoms with Crippen molar-refractivity contribution in [1.29, 1.82) is 0 Å². The van der Waals surface area contributed by atoms with Gasteiger partial charge in [0.15, 0.2) is 0 Å². The Kier molecular flexibility index (Phi) is 20.1. The Morgan fingerprint density at radius 2 is 1.21 bits per heavy atom. The zero-order valence-electron chi connectivity index (χ0n) is 22.5. The van der Waals surface area contributed by atoms with Gasteiger partial charge in [-0.25, -0.2) is 9.59 Å². The molecule has 4 amide bonds. The lowest BCUT2D eigenvalue weighted by atomic mass is 10.1. The van der Waals surface area contributed by atoms with Gasteiger partial charge in [0.2, 0.25) is 23.6 Å². The van der Waals surface area contributed by atoms with Crippen molar-refractivity contribution in [2.75, 3.05) is 49.7 Å². The number of amides is 4. The number of aliphatic carboxylic acids is 1. The zero-order valence-corrected chi connectivity index (χ0v) is 25.0. The molecule has 0 aliphatic heterocycles. The molecule has 4 atom stereocenters. The summed E-state index contributed by atoms with van der Waals surface area (Å²) in [6.45, 7) is -0.265. The van der Waals surface area contributed by atoms with Gasteiger partial charge in [0.25, 0.3) is 0 Å². The number of thioether (sulfide) groups is 3. The number of esters is 1. The number of carboxylic acid groups (broad SMARTS) is 1. The van der Waals surface area contributed by atoms with Crippen LogP contribution in [0.25, 0.3) is 0 Å². The monoisotopic (exact) mass is 609 g/mol. The van der Waals surface area contributed by atoms with Crippen LogP contribution in [-0.4, -0.2) is 115 Å². The number of carbonyl (C=O) groups excluding carboxylic acids is 5. The number of nitrogens with two attached hydrogens (primary N) is 1. The standard InChI is InChI=1S/C23H39N5O8S3/c1-36-19(30)6-5-18(29)25-13-14(24)20(31)26-15(7-10-37-2)21(32)27-16(8-11-38-3)22(33)28-17(23(34)35)9-12-39-4/h5-6,14-17H,7-13,24H2,1-4H3,(H,25,29)(H,26,31)(H,27,32)(H,28,33)(H,34,35)/b6-5+/t14-,15+,16+,17+/m0/s1. The molecule has 0 aliphatic carbocycles. The number of carboxylic acids is 1. The molecule has 39 heavy (non-hydrogen) atoms. The number of rotatable bonds is 20. The maximum atomic E-state index is 13.1. The van der Waals surface area contributed by atoms with Crippen molar-refractivity contribution in [3.63, 3.8) is 0 Å². The van der Waals surface area contributed by atoms with Gasteiger partial charge in [-0.15, -0.1) is 0 Å². The third-order valence-electron chi connectivity index (χ3n) is 5.12. The molecule has 0 aromatic heterocycles. The summed E-state index contributed by atoms with van der Waals surface area (Å²) in [6, 6.07) is -4.33. The summed E-state index contributed by atoms with van der Waals surface area (Å²) in [7, 11) is 1.16. The largest absolute Gasteiger partial charge is 0.480 e. The Bertz CT molecular complexity index is 862. The van der Waals surface area contributed by atoms with Gasteiger partial charge in [0, 0.05) is 18.7 Å². The predicted octanol–water partition coefficient (Wildman–Crippen LogP) is -1.04. The molecule has 16 heteroatoms. The third-order valence-corrected chi connectivity index (χ3v) is 7.05. The number of hydrogen-bond acceptors (Lipinski definition) is 11. The summed E-state index contributed by atoms with van der Waals surface area (Å²) in [4.78, 5) is 73.1. The summed E-state index contributed by atoms with van der Waals surface area (Å²) in [5, 5.41) is 19.5. The second-order valence-electron chi connectivity index (χ2n) is 8.07. The van der Waals surface area contributed by atoms with Crippen LogP contribution in [-0.2, 0) is 33.5 Å². The molecule has 0 saturated carbocycles. The van der Waals surface area contributed by atoms with E-state index in [4.69, 9.17) is 5.73 Å². The molecule has 0 radical (unpaired) electrons. The minimum Gasteiger partial charge on any atom is -0.480 e. The number of methoxy groups -OCH3 is 1. The van der Waals surface area contributed by atoms with E-state index in [2.05, 4.69) is 26.0 Å². The van der Waals surface area contributed by atoms with Crippen molar-refractivity contribution >= 4 is 70.9 Å². The average molecular weight is 610 g/mol. The van der Waals surface area contributed by atoms with Crippen LogP contribution in [0.2, 0.25) is 0 Å². The molecule has 0 aromatic carbocycles.